The third-order valence-corrected chi connectivity index (χ3v) is 2.33. The van der Waals surface area contributed by atoms with Crippen LogP contribution in [-0.2, 0) is 0 Å². The predicted molar refractivity (Wildman–Crippen MR) is 53.3 cm³/mol. The molecule has 0 radical (unpaired) electrons. The van der Waals surface area contributed by atoms with Crippen molar-refractivity contribution in [2.24, 2.45) is 0 Å². The fraction of sp³-hybridized carbons (Fsp3) is 0. The Kier molecular flexibility index (Phi) is 1.99. The molecule has 0 spiro atoms. The largest absolute Gasteiger partial charge is 0.359 e. The molecule has 0 saturated carbocycles. The van der Waals surface area contributed by atoms with E-state index in [4.69, 9.17) is 16.9 Å². The van der Waals surface area contributed by atoms with E-state index in [1.165, 1.54) is 6.20 Å². The minimum absolute atomic E-state index is 0.366. The molecule has 1 aromatic heterocycles. The first-order valence-corrected chi connectivity index (χ1v) is 4.32. The van der Waals surface area contributed by atoms with Crippen molar-refractivity contribution < 1.29 is 4.79 Å². The number of carbonyl (C=O) groups excluding carboxylic acids is 1. The van der Waals surface area contributed by atoms with Gasteiger partial charge in [0.1, 0.15) is 6.07 Å². The summed E-state index contributed by atoms with van der Waals surface area (Å²) < 4.78 is 0. The number of aromatic nitrogens is 1. The first-order chi connectivity index (χ1) is 6.74. The Bertz CT molecular complexity index is 551. The molecular formula is C10H5ClN2O. The molecule has 4 heteroatoms. The Balaban J connectivity index is 2.77. The molecule has 0 fully saturated rings. The number of nitrogens with zero attached hydrogens (tertiary/aromatic N) is 1. The second-order valence-electron chi connectivity index (χ2n) is 2.81. The van der Waals surface area contributed by atoms with Gasteiger partial charge in [0.25, 0.3) is 5.78 Å². The number of hydrogen-bond donors (Lipinski definition) is 1. The standard InChI is InChI=1S/C10H5ClN2O/c11-8-3-1-2-6-7(9(14)4-12)5-13-10(6)8/h1-3,5,13H. The van der Waals surface area contributed by atoms with Crippen molar-refractivity contribution in [2.45, 2.75) is 0 Å². The van der Waals surface area contributed by atoms with E-state index in [1.807, 2.05) is 0 Å². The molecule has 68 valence electrons. The van der Waals surface area contributed by atoms with Crippen LogP contribution in [0.4, 0.5) is 0 Å². The average Bonchev–Trinajstić information content (AvgIpc) is 2.62. The van der Waals surface area contributed by atoms with E-state index in [0.717, 1.165) is 0 Å². The zero-order valence-corrected chi connectivity index (χ0v) is 7.80. The van der Waals surface area contributed by atoms with Crippen LogP contribution in [-0.4, -0.2) is 10.8 Å². The molecule has 1 aromatic carbocycles. The van der Waals surface area contributed by atoms with Gasteiger partial charge in [-0.2, -0.15) is 5.26 Å². The summed E-state index contributed by atoms with van der Waals surface area (Å²) in [4.78, 5) is 14.0. The van der Waals surface area contributed by atoms with E-state index >= 15 is 0 Å². The molecular weight excluding hydrogens is 200 g/mol. The third kappa shape index (κ3) is 1.17. The summed E-state index contributed by atoms with van der Waals surface area (Å²) in [5.74, 6) is -0.557. The second-order valence-corrected chi connectivity index (χ2v) is 3.21. The Morgan fingerprint density at radius 1 is 1.50 bits per heavy atom. The molecule has 0 unspecified atom stereocenters. The van der Waals surface area contributed by atoms with E-state index < -0.39 is 5.78 Å². The van der Waals surface area contributed by atoms with Crippen molar-refractivity contribution in [2.75, 3.05) is 0 Å². The van der Waals surface area contributed by atoms with Crippen molar-refractivity contribution in [3.05, 3.63) is 35.0 Å². The van der Waals surface area contributed by atoms with Gasteiger partial charge in [-0.15, -0.1) is 0 Å². The van der Waals surface area contributed by atoms with E-state index in [1.54, 1.807) is 24.3 Å². The molecule has 0 saturated heterocycles. The van der Waals surface area contributed by atoms with Gasteiger partial charge in [0.05, 0.1) is 16.1 Å². The summed E-state index contributed by atoms with van der Waals surface area (Å²) in [5, 5.41) is 9.71. The average molecular weight is 205 g/mol. The molecule has 0 bridgehead atoms. The first kappa shape index (κ1) is 8.79. The Labute approximate surface area is 84.9 Å². The SMILES string of the molecule is N#CC(=O)c1c[nH]c2c(Cl)cccc12. The summed E-state index contributed by atoms with van der Waals surface area (Å²) in [6.45, 7) is 0. The summed E-state index contributed by atoms with van der Waals surface area (Å²) in [7, 11) is 0. The topological polar surface area (TPSA) is 56.6 Å². The van der Waals surface area contributed by atoms with Gasteiger partial charge in [0.2, 0.25) is 0 Å². The lowest BCUT2D eigenvalue weighted by molar-refractivity contribution is 0.105. The van der Waals surface area contributed by atoms with E-state index in [9.17, 15) is 4.79 Å². The molecule has 0 aliphatic carbocycles. The zero-order valence-electron chi connectivity index (χ0n) is 7.04. The molecule has 2 aromatic rings. The van der Waals surface area contributed by atoms with Gasteiger partial charge < -0.3 is 4.98 Å². The number of carbonyl (C=O) groups is 1. The summed E-state index contributed by atoms with van der Waals surface area (Å²) in [6.07, 6.45) is 1.50. The lowest BCUT2D eigenvalue weighted by Crippen LogP contribution is -1.91. The maximum atomic E-state index is 11.2. The van der Waals surface area contributed by atoms with Crippen LogP contribution in [0.25, 0.3) is 10.9 Å². The lowest BCUT2D eigenvalue weighted by Gasteiger charge is -1.93. The number of nitriles is 1. The normalized spacial score (nSPS) is 10.0. The molecule has 1 N–H and O–H groups in total. The Morgan fingerprint density at radius 3 is 3.00 bits per heavy atom. The number of benzene rings is 1. The van der Waals surface area contributed by atoms with Gasteiger partial charge in [-0.1, -0.05) is 23.7 Å². The van der Waals surface area contributed by atoms with Gasteiger partial charge >= 0.3 is 0 Å². The van der Waals surface area contributed by atoms with Crippen LogP contribution in [0.2, 0.25) is 5.02 Å². The summed E-state index contributed by atoms with van der Waals surface area (Å²) in [6, 6.07) is 6.80. The Hall–Kier alpha value is -1.79. The maximum absolute atomic E-state index is 11.2. The number of nitrogens with one attached hydrogen (secondary N) is 1. The highest BCUT2D eigenvalue weighted by atomic mass is 35.5. The monoisotopic (exact) mass is 204 g/mol. The van der Waals surface area contributed by atoms with Gasteiger partial charge in [0.15, 0.2) is 0 Å². The number of halogens is 1. The lowest BCUT2D eigenvalue weighted by atomic mass is 10.1. The molecule has 0 aliphatic rings. The van der Waals surface area contributed by atoms with Crippen molar-refractivity contribution in [3.63, 3.8) is 0 Å². The van der Waals surface area contributed by atoms with Crippen molar-refractivity contribution in [1.82, 2.24) is 4.98 Å². The van der Waals surface area contributed by atoms with E-state index in [0.29, 0.717) is 21.5 Å². The van der Waals surface area contributed by atoms with Crippen LogP contribution >= 0.6 is 11.6 Å². The van der Waals surface area contributed by atoms with Crippen LogP contribution in [0.3, 0.4) is 0 Å². The predicted octanol–water partition coefficient (Wildman–Crippen LogP) is 2.53. The van der Waals surface area contributed by atoms with Crippen molar-refractivity contribution >= 4 is 28.3 Å². The highest BCUT2D eigenvalue weighted by Gasteiger charge is 2.11. The minimum Gasteiger partial charge on any atom is -0.359 e. The van der Waals surface area contributed by atoms with Crippen LogP contribution in [0, 0.1) is 11.3 Å². The summed E-state index contributed by atoms with van der Waals surface area (Å²) >= 11 is 5.89. The minimum atomic E-state index is -0.557. The van der Waals surface area contributed by atoms with Crippen molar-refractivity contribution in [3.8, 4) is 6.07 Å². The maximum Gasteiger partial charge on any atom is 0.264 e. The van der Waals surface area contributed by atoms with Gasteiger partial charge in [-0.3, -0.25) is 4.79 Å². The molecule has 14 heavy (non-hydrogen) atoms. The van der Waals surface area contributed by atoms with Crippen molar-refractivity contribution in [1.29, 1.82) is 5.26 Å². The third-order valence-electron chi connectivity index (χ3n) is 2.01. The second kappa shape index (κ2) is 3.17. The quantitative estimate of drug-likeness (QED) is 0.573. The zero-order chi connectivity index (χ0) is 10.1. The van der Waals surface area contributed by atoms with Crippen LogP contribution in [0.1, 0.15) is 10.4 Å². The van der Waals surface area contributed by atoms with Gasteiger partial charge in [0, 0.05) is 11.6 Å². The number of fused-ring (bicyclic) bond motifs is 1. The number of hydrogen-bond acceptors (Lipinski definition) is 2. The number of H-pyrrole nitrogens is 1. The number of Topliss-reactive ketones (excluding diaryl/α,β-unsaturated/α-hetero) is 1. The van der Waals surface area contributed by atoms with E-state index in [-0.39, 0.29) is 0 Å². The molecule has 3 nitrogen and oxygen atoms in total. The molecule has 0 atom stereocenters. The van der Waals surface area contributed by atoms with E-state index in [2.05, 4.69) is 4.98 Å². The fourth-order valence-corrected chi connectivity index (χ4v) is 1.59. The number of para-hydroxylation sites is 1. The molecule has 2 rings (SSSR count). The van der Waals surface area contributed by atoms with Crippen LogP contribution in [0.15, 0.2) is 24.4 Å². The summed E-state index contributed by atoms with van der Waals surface area (Å²) in [5.41, 5.74) is 1.05. The highest BCUT2D eigenvalue weighted by Crippen LogP contribution is 2.25. The molecule has 0 aliphatic heterocycles. The number of ketones is 1. The van der Waals surface area contributed by atoms with Crippen LogP contribution in [0.5, 0.6) is 0 Å². The van der Waals surface area contributed by atoms with Gasteiger partial charge in [-0.25, -0.2) is 0 Å². The molecule has 0 amide bonds. The fourth-order valence-electron chi connectivity index (χ4n) is 1.37. The van der Waals surface area contributed by atoms with Gasteiger partial charge in [-0.05, 0) is 6.07 Å². The van der Waals surface area contributed by atoms with Crippen LogP contribution < -0.4 is 0 Å². The first-order valence-electron chi connectivity index (χ1n) is 3.94. The smallest absolute Gasteiger partial charge is 0.264 e. The number of rotatable bonds is 1. The Morgan fingerprint density at radius 2 is 2.29 bits per heavy atom. The number of aromatic amines is 1. The highest BCUT2D eigenvalue weighted by molar-refractivity contribution is 6.35. The molecule has 1 heterocycles.